The van der Waals surface area contributed by atoms with Gasteiger partial charge in [0.05, 0.1) is 22.5 Å². The van der Waals surface area contributed by atoms with Crippen LogP contribution >= 0.6 is 23.5 Å². The molecule has 46 heavy (non-hydrogen) atoms. The third-order valence-corrected chi connectivity index (χ3v) is 9.64. The van der Waals surface area contributed by atoms with E-state index in [9.17, 15) is 10.5 Å². The molecule has 0 fully saturated rings. The van der Waals surface area contributed by atoms with Crippen LogP contribution in [0.5, 0.6) is 0 Å². The zero-order chi connectivity index (χ0) is 31.6. The summed E-state index contributed by atoms with van der Waals surface area (Å²) >= 11 is 3.26. The lowest BCUT2D eigenvalue weighted by molar-refractivity contribution is 0.903. The van der Waals surface area contributed by atoms with Crippen molar-refractivity contribution in [1.29, 1.82) is 10.5 Å². The molecule has 222 valence electrons. The standard InChI is InChI=1S/C40H30N4S2/c41-27-35-33(29-15-5-1-6-16-29)25-37(31-19-9-3-10-20-31)43-39(35)45-23-13-14-24-46-40-36(28-42)34(30-17-7-2-8-18-30)26-38(44-40)32-21-11-4-12-22-32/h1-12,15-22,25-26H,13-14,23-24H2. The predicted octanol–water partition coefficient (Wildman–Crippen LogP) is 10.6. The average molecular weight is 631 g/mol. The van der Waals surface area contributed by atoms with Crippen molar-refractivity contribution in [3.63, 3.8) is 0 Å². The first-order valence-corrected chi connectivity index (χ1v) is 17.1. The van der Waals surface area contributed by atoms with E-state index in [1.807, 2.05) is 133 Å². The van der Waals surface area contributed by atoms with E-state index in [2.05, 4.69) is 12.1 Å². The summed E-state index contributed by atoms with van der Waals surface area (Å²) in [6.07, 6.45) is 1.87. The quantitative estimate of drug-likeness (QED) is 0.105. The fraction of sp³-hybridized carbons (Fsp3) is 0.100. The first-order valence-electron chi connectivity index (χ1n) is 15.1. The monoisotopic (exact) mass is 630 g/mol. The van der Waals surface area contributed by atoms with Crippen LogP contribution in [0, 0.1) is 22.7 Å². The van der Waals surface area contributed by atoms with Crippen molar-refractivity contribution in [1.82, 2.24) is 9.97 Å². The molecule has 6 rings (SSSR count). The lowest BCUT2D eigenvalue weighted by Crippen LogP contribution is -1.97. The van der Waals surface area contributed by atoms with Crippen LogP contribution in [-0.2, 0) is 0 Å². The second-order valence-electron chi connectivity index (χ2n) is 10.6. The minimum atomic E-state index is 0.610. The lowest BCUT2D eigenvalue weighted by atomic mass is 9.99. The smallest absolute Gasteiger partial charge is 0.115 e. The fourth-order valence-electron chi connectivity index (χ4n) is 5.21. The molecule has 2 heterocycles. The Labute approximate surface area is 278 Å². The van der Waals surface area contributed by atoms with Crippen molar-refractivity contribution in [2.24, 2.45) is 0 Å². The number of nitriles is 2. The van der Waals surface area contributed by atoms with E-state index >= 15 is 0 Å². The molecule has 0 radical (unpaired) electrons. The Balaban J connectivity index is 1.19. The molecule has 0 unspecified atom stereocenters. The van der Waals surface area contributed by atoms with Crippen LogP contribution in [0.2, 0.25) is 0 Å². The van der Waals surface area contributed by atoms with E-state index in [0.717, 1.165) is 79.2 Å². The van der Waals surface area contributed by atoms with Gasteiger partial charge in [0, 0.05) is 22.3 Å². The maximum absolute atomic E-state index is 10.2. The van der Waals surface area contributed by atoms with E-state index in [1.54, 1.807) is 23.5 Å². The fourth-order valence-corrected chi connectivity index (χ4v) is 7.22. The predicted molar refractivity (Wildman–Crippen MR) is 190 cm³/mol. The number of aromatic nitrogens is 2. The van der Waals surface area contributed by atoms with Gasteiger partial charge in [-0.25, -0.2) is 9.97 Å². The molecule has 6 aromatic rings. The zero-order valence-corrected chi connectivity index (χ0v) is 26.8. The van der Waals surface area contributed by atoms with E-state index in [-0.39, 0.29) is 0 Å². The second-order valence-corrected chi connectivity index (χ2v) is 12.7. The number of hydrogen-bond donors (Lipinski definition) is 0. The van der Waals surface area contributed by atoms with Crippen molar-refractivity contribution >= 4 is 23.5 Å². The SMILES string of the molecule is N#Cc1c(-c2ccccc2)cc(-c2ccccc2)nc1SCCCCSc1nc(-c2ccccc2)cc(-c2ccccc2)c1C#N. The average Bonchev–Trinajstić information content (AvgIpc) is 3.13. The van der Waals surface area contributed by atoms with Crippen molar-refractivity contribution in [3.8, 4) is 56.9 Å². The van der Waals surface area contributed by atoms with Crippen LogP contribution in [0.1, 0.15) is 24.0 Å². The number of benzene rings is 4. The molecule has 6 heteroatoms. The first kappa shape index (κ1) is 30.9. The van der Waals surface area contributed by atoms with Gasteiger partial charge in [-0.15, -0.1) is 23.5 Å². The highest BCUT2D eigenvalue weighted by Crippen LogP contribution is 2.36. The summed E-state index contributed by atoms with van der Waals surface area (Å²) in [6, 6.07) is 49.2. The Morgan fingerprint density at radius 1 is 0.457 bits per heavy atom. The molecule has 0 aliphatic rings. The van der Waals surface area contributed by atoms with Crippen LogP contribution in [0.15, 0.2) is 144 Å². The Morgan fingerprint density at radius 2 is 0.783 bits per heavy atom. The lowest BCUT2D eigenvalue weighted by Gasteiger charge is -2.13. The molecule has 4 aromatic carbocycles. The highest BCUT2D eigenvalue weighted by atomic mass is 32.2. The molecule has 0 saturated heterocycles. The number of nitrogens with zero attached hydrogens (tertiary/aromatic N) is 4. The van der Waals surface area contributed by atoms with Crippen LogP contribution in [0.25, 0.3) is 44.8 Å². The summed E-state index contributed by atoms with van der Waals surface area (Å²) in [4.78, 5) is 9.91. The van der Waals surface area contributed by atoms with Gasteiger partial charge in [0.1, 0.15) is 22.2 Å². The molecule has 0 amide bonds. The van der Waals surface area contributed by atoms with E-state index in [4.69, 9.17) is 9.97 Å². The van der Waals surface area contributed by atoms with Gasteiger partial charge >= 0.3 is 0 Å². The normalized spacial score (nSPS) is 10.7. The van der Waals surface area contributed by atoms with Crippen LogP contribution in [0.4, 0.5) is 0 Å². The van der Waals surface area contributed by atoms with Crippen LogP contribution < -0.4 is 0 Å². The molecule has 0 saturated carbocycles. The Hall–Kier alpha value is -5.14. The van der Waals surface area contributed by atoms with Gasteiger partial charge in [-0.3, -0.25) is 0 Å². The molecule has 2 aromatic heterocycles. The summed E-state index contributed by atoms with van der Waals surface area (Å²) in [5, 5.41) is 21.9. The summed E-state index contributed by atoms with van der Waals surface area (Å²) < 4.78 is 0. The number of pyridine rings is 2. The van der Waals surface area contributed by atoms with Gasteiger partial charge < -0.3 is 0 Å². The minimum Gasteiger partial charge on any atom is -0.240 e. The van der Waals surface area contributed by atoms with Gasteiger partial charge in [0.25, 0.3) is 0 Å². The van der Waals surface area contributed by atoms with Gasteiger partial charge in [0.2, 0.25) is 0 Å². The molecule has 0 bridgehead atoms. The van der Waals surface area contributed by atoms with Gasteiger partial charge in [-0.05, 0) is 47.6 Å². The second kappa shape index (κ2) is 15.2. The topological polar surface area (TPSA) is 73.4 Å². The number of unbranched alkanes of at least 4 members (excludes halogenated alkanes) is 1. The van der Waals surface area contributed by atoms with E-state index < -0.39 is 0 Å². The molecule has 0 N–H and O–H groups in total. The zero-order valence-electron chi connectivity index (χ0n) is 25.1. The maximum Gasteiger partial charge on any atom is 0.115 e. The van der Waals surface area contributed by atoms with Gasteiger partial charge in [-0.2, -0.15) is 10.5 Å². The van der Waals surface area contributed by atoms with Crippen molar-refractivity contribution in [2.75, 3.05) is 11.5 Å². The van der Waals surface area contributed by atoms with Gasteiger partial charge in [-0.1, -0.05) is 121 Å². The first-order chi connectivity index (χ1) is 22.7. The molecule has 4 nitrogen and oxygen atoms in total. The Bertz CT molecular complexity index is 1850. The summed E-state index contributed by atoms with van der Waals surface area (Å²) in [7, 11) is 0. The molecule has 0 spiro atoms. The van der Waals surface area contributed by atoms with Crippen LogP contribution in [-0.4, -0.2) is 21.5 Å². The van der Waals surface area contributed by atoms with Crippen molar-refractivity contribution in [2.45, 2.75) is 22.9 Å². The number of thioether (sulfide) groups is 2. The van der Waals surface area contributed by atoms with E-state index in [0.29, 0.717) is 11.1 Å². The summed E-state index contributed by atoms with van der Waals surface area (Å²) in [5.41, 5.74) is 8.80. The van der Waals surface area contributed by atoms with E-state index in [1.165, 1.54) is 0 Å². The molecule has 0 aliphatic heterocycles. The molecule has 0 aliphatic carbocycles. The number of hydrogen-bond acceptors (Lipinski definition) is 6. The highest BCUT2D eigenvalue weighted by molar-refractivity contribution is 7.99. The maximum atomic E-state index is 10.2. The number of rotatable bonds is 11. The molecule has 0 atom stereocenters. The molecular formula is C40H30N4S2. The van der Waals surface area contributed by atoms with Crippen molar-refractivity contribution < 1.29 is 0 Å². The van der Waals surface area contributed by atoms with Crippen molar-refractivity contribution in [3.05, 3.63) is 145 Å². The third kappa shape index (κ3) is 7.22. The Morgan fingerprint density at radius 3 is 1.11 bits per heavy atom. The molecular weight excluding hydrogens is 601 g/mol. The van der Waals surface area contributed by atoms with Gasteiger partial charge in [0.15, 0.2) is 0 Å². The summed E-state index contributed by atoms with van der Waals surface area (Å²) in [5.74, 6) is 1.65. The minimum absolute atomic E-state index is 0.610. The largest absolute Gasteiger partial charge is 0.240 e. The summed E-state index contributed by atoms with van der Waals surface area (Å²) in [6.45, 7) is 0. The Kier molecular flexibility index (Phi) is 10.2. The van der Waals surface area contributed by atoms with Crippen LogP contribution in [0.3, 0.4) is 0 Å². The third-order valence-electron chi connectivity index (χ3n) is 7.52. The highest BCUT2D eigenvalue weighted by Gasteiger charge is 2.17.